The summed E-state index contributed by atoms with van der Waals surface area (Å²) < 4.78 is 7.95. The topological polar surface area (TPSA) is 45.2 Å². The quantitative estimate of drug-likeness (QED) is 0.372. The van der Waals surface area contributed by atoms with Gasteiger partial charge in [0.1, 0.15) is 18.7 Å². The number of rotatable bonds is 1. The van der Waals surface area contributed by atoms with Crippen molar-refractivity contribution in [2.24, 2.45) is 7.05 Å². The lowest BCUT2D eigenvalue weighted by Gasteiger charge is -2.08. The van der Waals surface area contributed by atoms with Gasteiger partial charge in [-0.3, -0.25) is 0 Å². The number of nitriles is 1. The van der Waals surface area contributed by atoms with Gasteiger partial charge in [-0.15, -0.1) is 0 Å². The van der Waals surface area contributed by atoms with E-state index < -0.39 is 0 Å². The average molecular weight is 324 g/mol. The van der Waals surface area contributed by atoms with E-state index >= 15 is 0 Å². The predicted molar refractivity (Wildman–Crippen MR) is 96.0 cm³/mol. The van der Waals surface area contributed by atoms with Crippen LogP contribution in [0, 0.1) is 24.8 Å². The third kappa shape index (κ3) is 2.09. The smallest absolute Gasteiger partial charge is 0.212 e. The summed E-state index contributed by atoms with van der Waals surface area (Å²) >= 11 is 0. The number of para-hydroxylation sites is 1. The van der Waals surface area contributed by atoms with Crippen molar-refractivity contribution in [3.05, 3.63) is 71.2 Å². The zero-order valence-corrected chi connectivity index (χ0v) is 13.9. The number of hydrogen-bond acceptors (Lipinski definition) is 2. The lowest BCUT2D eigenvalue weighted by molar-refractivity contribution is -0.660. The van der Waals surface area contributed by atoms with Gasteiger partial charge in [0.2, 0.25) is 11.4 Å². The summed E-state index contributed by atoms with van der Waals surface area (Å²) in [5.41, 5.74) is 5.06. The van der Waals surface area contributed by atoms with Crippen molar-refractivity contribution >= 4 is 27.6 Å². The Balaban J connectivity index is 2.22. The second-order valence-electron chi connectivity index (χ2n) is 5.99. The number of pyridine rings is 1. The fourth-order valence-corrected chi connectivity index (χ4v) is 3.37. The van der Waals surface area contributed by atoms with Crippen LogP contribution in [-0.4, -0.2) is 0 Å². The number of aryl methyl sites for hydroxylation is 2. The number of furan rings is 1. The summed E-state index contributed by atoms with van der Waals surface area (Å²) in [6.45, 7) is 9.79. The Morgan fingerprint density at radius 3 is 2.76 bits per heavy atom. The summed E-state index contributed by atoms with van der Waals surface area (Å²) in [7, 11) is 1.97. The minimum atomic E-state index is 0.481. The number of fused-ring (bicyclic) bond motifs is 3. The second kappa shape index (κ2) is 5.47. The number of benzene rings is 2. The predicted octanol–water partition coefficient (Wildman–Crippen LogP) is 4.81. The SMILES string of the molecule is [C-]#[N+]c1c(-c2cccc[n+]2C)c(C)cc2oc3c(C#N)cccc3c12. The maximum Gasteiger partial charge on any atom is 0.212 e. The van der Waals surface area contributed by atoms with E-state index in [4.69, 9.17) is 11.0 Å². The molecule has 0 aliphatic heterocycles. The Morgan fingerprint density at radius 2 is 2.04 bits per heavy atom. The van der Waals surface area contributed by atoms with Crippen LogP contribution in [0.1, 0.15) is 11.1 Å². The summed E-state index contributed by atoms with van der Waals surface area (Å²) in [5.74, 6) is 0. The van der Waals surface area contributed by atoms with Crippen LogP contribution in [0.15, 0.2) is 53.1 Å². The zero-order valence-electron chi connectivity index (χ0n) is 13.9. The highest BCUT2D eigenvalue weighted by atomic mass is 16.3. The van der Waals surface area contributed by atoms with Gasteiger partial charge in [-0.25, -0.2) is 9.41 Å². The van der Waals surface area contributed by atoms with Gasteiger partial charge >= 0.3 is 0 Å². The van der Waals surface area contributed by atoms with Crippen molar-refractivity contribution in [3.8, 4) is 17.3 Å². The molecule has 4 aromatic rings. The van der Waals surface area contributed by atoms with E-state index in [1.807, 2.05) is 61.1 Å². The second-order valence-corrected chi connectivity index (χ2v) is 5.99. The van der Waals surface area contributed by atoms with Crippen LogP contribution in [0.25, 0.3) is 38.0 Å². The van der Waals surface area contributed by atoms with Crippen LogP contribution in [0.5, 0.6) is 0 Å². The van der Waals surface area contributed by atoms with E-state index in [1.54, 1.807) is 6.07 Å². The standard InChI is InChI=1S/C21H14N3O/c1-13-11-17-19(15-8-6-7-14(12-22)21(15)25-17)20(23-2)18(13)16-9-4-5-10-24(16)3/h4-11H,1,3H3/q+1. The van der Waals surface area contributed by atoms with Gasteiger partial charge in [-0.05, 0) is 30.7 Å². The molecule has 0 aliphatic rings. The largest absolute Gasteiger partial charge is 0.456 e. The number of hydrogen-bond donors (Lipinski definition) is 0. The molecule has 0 atom stereocenters. The Bertz CT molecular complexity index is 1240. The highest BCUT2D eigenvalue weighted by Crippen LogP contribution is 2.43. The molecule has 0 saturated carbocycles. The summed E-state index contributed by atoms with van der Waals surface area (Å²) in [6, 6.07) is 15.5. The molecule has 0 saturated heterocycles. The van der Waals surface area contributed by atoms with Crippen LogP contribution in [0.4, 0.5) is 5.69 Å². The monoisotopic (exact) mass is 324 g/mol. The van der Waals surface area contributed by atoms with Crippen molar-refractivity contribution in [1.82, 2.24) is 0 Å². The van der Waals surface area contributed by atoms with Crippen molar-refractivity contribution in [1.29, 1.82) is 5.26 Å². The highest BCUT2D eigenvalue weighted by Gasteiger charge is 2.23. The lowest BCUT2D eigenvalue weighted by Crippen LogP contribution is -2.30. The van der Waals surface area contributed by atoms with E-state index in [2.05, 4.69) is 10.9 Å². The first-order valence-electron chi connectivity index (χ1n) is 7.87. The van der Waals surface area contributed by atoms with E-state index in [9.17, 15) is 5.26 Å². The summed E-state index contributed by atoms with van der Waals surface area (Å²) in [6.07, 6.45) is 1.97. The molecule has 0 aliphatic carbocycles. The molecule has 2 aromatic heterocycles. The van der Waals surface area contributed by atoms with Gasteiger partial charge in [0.15, 0.2) is 11.8 Å². The molecule has 0 radical (unpaired) electrons. The molecule has 0 fully saturated rings. The molecular formula is C21H14N3O+. The normalized spacial score (nSPS) is 10.7. The average Bonchev–Trinajstić information content (AvgIpc) is 2.99. The summed E-state index contributed by atoms with van der Waals surface area (Å²) in [5, 5.41) is 10.9. The van der Waals surface area contributed by atoms with E-state index in [1.165, 1.54) is 0 Å². The number of aromatic nitrogens is 1. The Hall–Kier alpha value is -3.63. The van der Waals surface area contributed by atoms with Crippen LogP contribution >= 0.6 is 0 Å². The van der Waals surface area contributed by atoms with Crippen molar-refractivity contribution in [3.63, 3.8) is 0 Å². The Labute approximate surface area is 145 Å². The van der Waals surface area contributed by atoms with Crippen LogP contribution < -0.4 is 4.57 Å². The van der Waals surface area contributed by atoms with Crippen molar-refractivity contribution in [2.45, 2.75) is 6.92 Å². The zero-order chi connectivity index (χ0) is 17.6. The van der Waals surface area contributed by atoms with Crippen LogP contribution in [-0.2, 0) is 7.05 Å². The number of nitrogens with zero attached hydrogens (tertiary/aromatic N) is 3. The van der Waals surface area contributed by atoms with Gasteiger partial charge in [-0.1, -0.05) is 12.1 Å². The van der Waals surface area contributed by atoms with Gasteiger partial charge in [0.05, 0.1) is 17.7 Å². The van der Waals surface area contributed by atoms with E-state index in [0.717, 1.165) is 27.6 Å². The molecule has 2 heterocycles. The third-order valence-corrected chi connectivity index (χ3v) is 4.50. The molecule has 4 rings (SSSR count). The minimum absolute atomic E-state index is 0.481. The molecular weight excluding hydrogens is 310 g/mol. The molecule has 25 heavy (non-hydrogen) atoms. The maximum atomic E-state index is 9.34. The lowest BCUT2D eigenvalue weighted by atomic mass is 9.98. The molecule has 2 aromatic carbocycles. The summed E-state index contributed by atoms with van der Waals surface area (Å²) in [4.78, 5) is 3.85. The Morgan fingerprint density at radius 1 is 1.20 bits per heavy atom. The van der Waals surface area contributed by atoms with E-state index in [0.29, 0.717) is 22.4 Å². The van der Waals surface area contributed by atoms with Gasteiger partial charge in [0, 0.05) is 22.9 Å². The molecule has 118 valence electrons. The molecule has 0 unspecified atom stereocenters. The van der Waals surface area contributed by atoms with Gasteiger partial charge in [0.25, 0.3) is 0 Å². The maximum absolute atomic E-state index is 9.34. The van der Waals surface area contributed by atoms with Gasteiger partial charge in [-0.2, -0.15) is 5.26 Å². The minimum Gasteiger partial charge on any atom is -0.456 e. The molecule has 0 bridgehead atoms. The van der Waals surface area contributed by atoms with Crippen molar-refractivity contribution in [2.75, 3.05) is 0 Å². The molecule has 0 amide bonds. The van der Waals surface area contributed by atoms with Crippen molar-refractivity contribution < 1.29 is 8.98 Å². The van der Waals surface area contributed by atoms with Gasteiger partial charge < -0.3 is 4.42 Å². The first-order chi connectivity index (χ1) is 12.2. The first-order valence-corrected chi connectivity index (χ1v) is 7.87. The fourth-order valence-electron chi connectivity index (χ4n) is 3.37. The van der Waals surface area contributed by atoms with Crippen LogP contribution in [0.2, 0.25) is 0 Å². The van der Waals surface area contributed by atoms with E-state index in [-0.39, 0.29) is 0 Å². The molecule has 0 spiro atoms. The first kappa shape index (κ1) is 14.9. The van der Waals surface area contributed by atoms with Crippen LogP contribution in [0.3, 0.4) is 0 Å². The Kier molecular flexibility index (Phi) is 3.27. The molecule has 4 nitrogen and oxygen atoms in total. The third-order valence-electron chi connectivity index (χ3n) is 4.50. The highest BCUT2D eigenvalue weighted by molar-refractivity contribution is 6.16. The molecule has 0 N–H and O–H groups in total. The molecule has 4 heteroatoms. The fraction of sp³-hybridized carbons (Fsp3) is 0.0952.